The van der Waals surface area contributed by atoms with Crippen molar-refractivity contribution in [1.29, 1.82) is 0 Å². The topological polar surface area (TPSA) is 119 Å². The molecule has 0 radical (unpaired) electrons. The highest BCUT2D eigenvalue weighted by atomic mass is 32.2. The number of allylic oxidation sites excluding steroid dienone is 3. The smallest absolute Gasteiger partial charge is 0.259 e. The molecule has 0 aromatic carbocycles. The number of hydrogen-bond donors (Lipinski definition) is 1. The van der Waals surface area contributed by atoms with Crippen LogP contribution in [0.1, 0.15) is 6.42 Å². The number of fused-ring (bicyclic) bond motifs is 2. The standard InChI is InChI=1S/C23H22N3O7S/c27-20(18-3-1-2-14-4-5-32-21(14)18)23(28)25-10-15-12-26(13-16(15)11-25)34(29,30)17-8-19-22(24-9-17)33-7-6-31-19/h1,3,8-9,20,27H,4-7,10-13H2/q+1/t20-/m0/s1. The summed E-state index contributed by atoms with van der Waals surface area (Å²) >= 11 is 0. The lowest BCUT2D eigenvalue weighted by Gasteiger charge is -2.24. The third-order valence-corrected chi connectivity index (χ3v) is 8.26. The number of aromatic nitrogens is 1. The summed E-state index contributed by atoms with van der Waals surface area (Å²) < 4.78 is 44.2. The number of rotatable bonds is 4. The second kappa shape index (κ2) is 7.92. The van der Waals surface area contributed by atoms with Crippen LogP contribution in [0.5, 0.6) is 11.6 Å². The van der Waals surface area contributed by atoms with Gasteiger partial charge in [-0.15, -0.1) is 0 Å². The Hall–Kier alpha value is -3.24. The van der Waals surface area contributed by atoms with Crippen molar-refractivity contribution in [3.05, 3.63) is 58.5 Å². The second-order valence-electron chi connectivity index (χ2n) is 8.59. The van der Waals surface area contributed by atoms with E-state index < -0.39 is 22.0 Å². The van der Waals surface area contributed by atoms with Crippen LogP contribution in [0.3, 0.4) is 0 Å². The highest BCUT2D eigenvalue weighted by Crippen LogP contribution is 2.35. The van der Waals surface area contributed by atoms with Crippen LogP contribution in [0.2, 0.25) is 0 Å². The molecular formula is C23H22N3O7S+. The third kappa shape index (κ3) is 3.40. The molecule has 10 nitrogen and oxygen atoms in total. The van der Waals surface area contributed by atoms with Crippen LogP contribution in [-0.4, -0.2) is 85.7 Å². The van der Waals surface area contributed by atoms with E-state index in [4.69, 9.17) is 14.2 Å². The number of aliphatic hydroxyl groups excluding tert-OH is 1. The molecule has 1 N–H and O–H groups in total. The van der Waals surface area contributed by atoms with E-state index in [1.807, 2.05) is 0 Å². The predicted molar refractivity (Wildman–Crippen MR) is 117 cm³/mol. The van der Waals surface area contributed by atoms with Gasteiger partial charge < -0.3 is 24.2 Å². The third-order valence-electron chi connectivity index (χ3n) is 6.50. The van der Waals surface area contributed by atoms with Gasteiger partial charge in [-0.2, -0.15) is 4.31 Å². The zero-order valence-corrected chi connectivity index (χ0v) is 19.0. The van der Waals surface area contributed by atoms with Crippen molar-refractivity contribution in [1.82, 2.24) is 14.2 Å². The maximum Gasteiger partial charge on any atom is 0.259 e. The molecule has 5 aliphatic rings. The Kier molecular flexibility index (Phi) is 4.96. The Balaban J connectivity index is 1.14. The summed E-state index contributed by atoms with van der Waals surface area (Å²) in [7, 11) is -3.80. The number of aliphatic hydroxyl groups is 1. The molecule has 176 valence electrons. The van der Waals surface area contributed by atoms with Crippen molar-refractivity contribution in [3.63, 3.8) is 0 Å². The first-order chi connectivity index (χ1) is 16.4. The Morgan fingerprint density at radius 3 is 2.65 bits per heavy atom. The van der Waals surface area contributed by atoms with Gasteiger partial charge in [-0.25, -0.2) is 13.4 Å². The number of nitrogens with zero attached hydrogens (tertiary/aromatic N) is 3. The molecule has 1 atom stereocenters. The molecule has 5 heterocycles. The van der Waals surface area contributed by atoms with Gasteiger partial charge in [0.15, 0.2) is 17.4 Å². The summed E-state index contributed by atoms with van der Waals surface area (Å²) in [6.45, 7) is 2.14. The molecule has 1 fully saturated rings. The predicted octanol–water partition coefficient (Wildman–Crippen LogP) is 0.331. The number of carbonyl (C=O) groups is 1. The van der Waals surface area contributed by atoms with Crippen LogP contribution < -0.4 is 9.47 Å². The molecule has 1 amide bonds. The summed E-state index contributed by atoms with van der Waals surface area (Å²) in [5.41, 5.74) is 3.05. The maximum atomic E-state index is 13.2. The largest absolute Gasteiger partial charge is 0.484 e. The summed E-state index contributed by atoms with van der Waals surface area (Å²) in [4.78, 5) is 18.7. The lowest BCUT2D eigenvalue weighted by Crippen LogP contribution is -2.41. The van der Waals surface area contributed by atoms with Gasteiger partial charge in [0.05, 0.1) is 12.3 Å². The second-order valence-corrected chi connectivity index (χ2v) is 10.5. The molecule has 4 aliphatic heterocycles. The normalized spacial score (nSPS) is 22.3. The Morgan fingerprint density at radius 1 is 1.09 bits per heavy atom. The number of carbonyl (C=O) groups excluding carboxylic acids is 1. The molecule has 0 spiro atoms. The average molecular weight is 485 g/mol. The molecule has 0 bridgehead atoms. The monoisotopic (exact) mass is 484 g/mol. The van der Waals surface area contributed by atoms with Gasteiger partial charge in [-0.05, 0) is 11.1 Å². The van der Waals surface area contributed by atoms with Gasteiger partial charge in [-0.3, -0.25) is 4.79 Å². The molecule has 34 heavy (non-hydrogen) atoms. The van der Waals surface area contributed by atoms with Crippen molar-refractivity contribution in [2.75, 3.05) is 46.0 Å². The van der Waals surface area contributed by atoms with E-state index in [-0.39, 0.29) is 37.0 Å². The van der Waals surface area contributed by atoms with Gasteiger partial charge in [0.25, 0.3) is 11.8 Å². The molecule has 0 unspecified atom stereocenters. The maximum absolute atomic E-state index is 13.2. The van der Waals surface area contributed by atoms with Gasteiger partial charge >= 0.3 is 0 Å². The minimum Gasteiger partial charge on any atom is -0.484 e. The lowest BCUT2D eigenvalue weighted by molar-refractivity contribution is -0.137. The Labute approximate surface area is 196 Å². The Bertz CT molecular complexity index is 1290. The minimum absolute atomic E-state index is 0.0380. The molecular weight excluding hydrogens is 462 g/mol. The van der Waals surface area contributed by atoms with E-state index in [2.05, 4.69) is 11.1 Å². The Morgan fingerprint density at radius 2 is 1.85 bits per heavy atom. The van der Waals surface area contributed by atoms with Crippen molar-refractivity contribution >= 4 is 15.9 Å². The highest BCUT2D eigenvalue weighted by Gasteiger charge is 2.42. The first-order valence-corrected chi connectivity index (χ1v) is 12.4. The zero-order valence-electron chi connectivity index (χ0n) is 18.2. The lowest BCUT2D eigenvalue weighted by atomic mass is 9.98. The van der Waals surface area contributed by atoms with Crippen molar-refractivity contribution in [2.45, 2.75) is 17.4 Å². The van der Waals surface area contributed by atoms with E-state index in [1.165, 1.54) is 16.6 Å². The van der Waals surface area contributed by atoms with E-state index in [9.17, 15) is 18.3 Å². The van der Waals surface area contributed by atoms with Crippen LogP contribution in [-0.2, 0) is 19.6 Å². The van der Waals surface area contributed by atoms with Gasteiger partial charge in [0.1, 0.15) is 36.4 Å². The average Bonchev–Trinajstić information content (AvgIpc) is 3.57. The first-order valence-electron chi connectivity index (χ1n) is 11.0. The summed E-state index contributed by atoms with van der Waals surface area (Å²) in [5.74, 6) is 0.705. The van der Waals surface area contributed by atoms with Gasteiger partial charge in [0, 0.05) is 44.7 Å². The zero-order chi connectivity index (χ0) is 23.4. The van der Waals surface area contributed by atoms with Gasteiger partial charge in [0.2, 0.25) is 15.8 Å². The molecule has 11 heteroatoms. The first kappa shape index (κ1) is 21.3. The van der Waals surface area contributed by atoms with E-state index in [0.717, 1.165) is 16.7 Å². The van der Waals surface area contributed by atoms with E-state index >= 15 is 0 Å². The molecule has 1 saturated heterocycles. The molecule has 0 saturated carbocycles. The molecule has 1 aromatic heterocycles. The fraction of sp³-hybridized carbons (Fsp3) is 0.391. The van der Waals surface area contributed by atoms with Crippen LogP contribution in [0, 0.1) is 6.08 Å². The van der Waals surface area contributed by atoms with Crippen LogP contribution in [0.25, 0.3) is 0 Å². The number of pyridine rings is 1. The number of hydrogen-bond acceptors (Lipinski definition) is 8. The molecule has 1 aliphatic carbocycles. The van der Waals surface area contributed by atoms with Crippen LogP contribution in [0.15, 0.2) is 57.4 Å². The summed E-state index contributed by atoms with van der Waals surface area (Å²) in [5, 5.41) is 10.8. The summed E-state index contributed by atoms with van der Waals surface area (Å²) in [6, 6.07) is 1.43. The van der Waals surface area contributed by atoms with Crippen molar-refractivity contribution in [3.8, 4) is 11.6 Å². The SMILES string of the molecule is O=C([C@@H](O)C1=C2OCCC2=[C+]C=C1)N1CC2=C(C1)CN(S(=O)(=O)c1cnc3c(c1)OCCO3)C2. The fourth-order valence-electron chi connectivity index (χ4n) is 4.76. The minimum atomic E-state index is -3.80. The van der Waals surface area contributed by atoms with Crippen LogP contribution >= 0.6 is 0 Å². The van der Waals surface area contributed by atoms with E-state index in [1.54, 1.807) is 17.1 Å². The summed E-state index contributed by atoms with van der Waals surface area (Å²) in [6.07, 6.45) is 7.06. The van der Waals surface area contributed by atoms with E-state index in [0.29, 0.717) is 43.3 Å². The molecule has 6 rings (SSSR count). The highest BCUT2D eigenvalue weighted by molar-refractivity contribution is 7.89. The van der Waals surface area contributed by atoms with Crippen molar-refractivity contribution in [2.24, 2.45) is 0 Å². The number of ether oxygens (including phenoxy) is 3. The fourth-order valence-corrected chi connectivity index (χ4v) is 6.15. The number of sulfonamides is 1. The van der Waals surface area contributed by atoms with Crippen LogP contribution in [0.4, 0.5) is 0 Å². The van der Waals surface area contributed by atoms with Gasteiger partial charge in [-0.1, -0.05) is 0 Å². The quantitative estimate of drug-likeness (QED) is 0.480. The number of amides is 1. The van der Waals surface area contributed by atoms with Crippen molar-refractivity contribution < 1.29 is 32.5 Å². The molecule has 1 aromatic rings.